The van der Waals surface area contributed by atoms with Crippen molar-refractivity contribution in [1.29, 1.82) is 0 Å². The number of pyridine rings is 1. The van der Waals surface area contributed by atoms with Crippen molar-refractivity contribution < 1.29 is 0 Å². The molecule has 6 rings (SSSR count). The number of nitrogens with zero attached hydrogens (tertiary/aromatic N) is 4. The predicted molar refractivity (Wildman–Crippen MR) is 99.9 cm³/mol. The third-order valence-corrected chi connectivity index (χ3v) is 5.87. The summed E-state index contributed by atoms with van der Waals surface area (Å²) in [6.45, 7) is 0. The van der Waals surface area contributed by atoms with Crippen LogP contribution in [0.15, 0.2) is 54.7 Å². The first kappa shape index (κ1) is 12.5. The van der Waals surface area contributed by atoms with Gasteiger partial charge in [-0.2, -0.15) is 0 Å². The summed E-state index contributed by atoms with van der Waals surface area (Å²) in [6, 6.07) is 17.0. The first-order valence-electron chi connectivity index (χ1n) is 7.84. The van der Waals surface area contributed by atoms with Crippen molar-refractivity contribution in [2.75, 3.05) is 0 Å². The standard InChI is InChI=1S/C19H12N4S/c1-22-14-9-11-17(24-16-7-4-8-20-18(11)16)10-15(14)23-13-6-3-2-5-12(13)21-19(22)23/h2-10H,1H3. The number of thiophene rings is 1. The minimum Gasteiger partial charge on any atom is -0.313 e. The Morgan fingerprint density at radius 2 is 1.83 bits per heavy atom. The number of benzene rings is 2. The van der Waals surface area contributed by atoms with Crippen LogP contribution in [-0.4, -0.2) is 18.9 Å². The molecular weight excluding hydrogens is 316 g/mol. The van der Waals surface area contributed by atoms with Gasteiger partial charge in [-0.25, -0.2) is 4.98 Å². The molecular formula is C19H12N4S. The molecule has 2 aromatic carbocycles. The molecule has 0 saturated heterocycles. The van der Waals surface area contributed by atoms with Crippen molar-refractivity contribution in [2.45, 2.75) is 0 Å². The molecule has 24 heavy (non-hydrogen) atoms. The summed E-state index contributed by atoms with van der Waals surface area (Å²) >= 11 is 1.80. The molecule has 5 heteroatoms. The van der Waals surface area contributed by atoms with Crippen LogP contribution < -0.4 is 0 Å². The van der Waals surface area contributed by atoms with Crippen LogP contribution in [0, 0.1) is 0 Å². The Bertz CT molecular complexity index is 1420. The Hall–Kier alpha value is -2.92. The topological polar surface area (TPSA) is 35.1 Å². The summed E-state index contributed by atoms with van der Waals surface area (Å²) < 4.78 is 6.92. The molecule has 0 bridgehead atoms. The van der Waals surface area contributed by atoms with E-state index in [1.54, 1.807) is 11.3 Å². The second-order valence-electron chi connectivity index (χ2n) is 6.08. The molecule has 0 aliphatic carbocycles. The molecule has 6 aromatic rings. The molecule has 4 nitrogen and oxygen atoms in total. The van der Waals surface area contributed by atoms with Gasteiger partial charge in [0.1, 0.15) is 0 Å². The number of aryl methyl sites for hydroxylation is 1. The van der Waals surface area contributed by atoms with Crippen molar-refractivity contribution in [3.8, 4) is 0 Å². The largest absolute Gasteiger partial charge is 0.313 e. The van der Waals surface area contributed by atoms with Gasteiger partial charge in [-0.05, 0) is 36.4 Å². The van der Waals surface area contributed by atoms with Crippen LogP contribution in [0.1, 0.15) is 0 Å². The Labute approximate surface area is 140 Å². The summed E-state index contributed by atoms with van der Waals surface area (Å²) in [5, 5.41) is 1.22. The highest BCUT2D eigenvalue weighted by atomic mass is 32.1. The number of hydrogen-bond donors (Lipinski definition) is 0. The smallest absolute Gasteiger partial charge is 0.215 e. The van der Waals surface area contributed by atoms with Crippen molar-refractivity contribution in [3.05, 3.63) is 54.7 Å². The van der Waals surface area contributed by atoms with E-state index in [2.05, 4.69) is 57.4 Å². The number of aromatic nitrogens is 4. The molecule has 0 amide bonds. The van der Waals surface area contributed by atoms with E-state index in [-0.39, 0.29) is 0 Å². The fraction of sp³-hybridized carbons (Fsp3) is 0.0526. The molecule has 0 aliphatic rings. The number of fused-ring (bicyclic) bond motifs is 8. The van der Waals surface area contributed by atoms with Gasteiger partial charge in [0.15, 0.2) is 0 Å². The Kier molecular flexibility index (Phi) is 2.15. The predicted octanol–water partition coefficient (Wildman–Crippen LogP) is 4.74. The van der Waals surface area contributed by atoms with Gasteiger partial charge in [0.2, 0.25) is 5.78 Å². The molecule has 0 aliphatic heterocycles. The lowest BCUT2D eigenvalue weighted by Crippen LogP contribution is -1.87. The molecule has 4 aromatic heterocycles. The first-order chi connectivity index (χ1) is 11.8. The van der Waals surface area contributed by atoms with E-state index >= 15 is 0 Å². The van der Waals surface area contributed by atoms with E-state index in [1.807, 2.05) is 18.3 Å². The molecule has 0 fully saturated rings. The van der Waals surface area contributed by atoms with Crippen molar-refractivity contribution in [2.24, 2.45) is 7.05 Å². The van der Waals surface area contributed by atoms with Crippen LogP contribution in [0.3, 0.4) is 0 Å². The monoisotopic (exact) mass is 328 g/mol. The lowest BCUT2D eigenvalue weighted by molar-refractivity contribution is 0.974. The first-order valence-corrected chi connectivity index (χ1v) is 8.66. The number of imidazole rings is 2. The van der Waals surface area contributed by atoms with Gasteiger partial charge >= 0.3 is 0 Å². The van der Waals surface area contributed by atoms with Crippen molar-refractivity contribution in [1.82, 2.24) is 18.9 Å². The van der Waals surface area contributed by atoms with Gasteiger partial charge < -0.3 is 4.57 Å². The second-order valence-corrected chi connectivity index (χ2v) is 7.17. The van der Waals surface area contributed by atoms with E-state index in [9.17, 15) is 0 Å². The third-order valence-electron chi connectivity index (χ3n) is 4.77. The fourth-order valence-corrected chi connectivity index (χ4v) is 4.73. The highest BCUT2D eigenvalue weighted by Gasteiger charge is 2.16. The fourth-order valence-electron chi connectivity index (χ4n) is 3.65. The minimum absolute atomic E-state index is 0.973. The van der Waals surface area contributed by atoms with E-state index in [4.69, 9.17) is 4.98 Å². The average molecular weight is 328 g/mol. The highest BCUT2D eigenvalue weighted by Crippen LogP contribution is 2.36. The van der Waals surface area contributed by atoms with Crippen LogP contribution in [0.25, 0.3) is 48.1 Å². The van der Waals surface area contributed by atoms with Gasteiger partial charge in [0, 0.05) is 23.3 Å². The highest BCUT2D eigenvalue weighted by molar-refractivity contribution is 7.25. The van der Waals surface area contributed by atoms with E-state index < -0.39 is 0 Å². The van der Waals surface area contributed by atoms with Crippen LogP contribution in [0.5, 0.6) is 0 Å². The SMILES string of the molecule is Cn1c2cc3c(cc2n2c4ccccc4nc12)sc1cccnc13. The minimum atomic E-state index is 0.973. The second kappa shape index (κ2) is 4.13. The van der Waals surface area contributed by atoms with Crippen LogP contribution in [0.4, 0.5) is 0 Å². The zero-order valence-corrected chi connectivity index (χ0v) is 13.7. The van der Waals surface area contributed by atoms with E-state index in [0.717, 1.165) is 22.3 Å². The maximum absolute atomic E-state index is 4.80. The van der Waals surface area contributed by atoms with Gasteiger partial charge in [0.05, 0.1) is 32.3 Å². The summed E-state index contributed by atoms with van der Waals surface area (Å²) in [6.07, 6.45) is 1.87. The van der Waals surface area contributed by atoms with Gasteiger partial charge in [-0.1, -0.05) is 12.1 Å². The summed E-state index contributed by atoms with van der Waals surface area (Å²) in [4.78, 5) is 9.38. The van der Waals surface area contributed by atoms with E-state index in [0.29, 0.717) is 0 Å². The summed E-state index contributed by atoms with van der Waals surface area (Å²) in [7, 11) is 2.08. The Balaban J connectivity index is 1.90. The van der Waals surface area contributed by atoms with E-state index in [1.165, 1.54) is 25.8 Å². The number of rotatable bonds is 0. The molecule has 0 saturated carbocycles. The molecule has 114 valence electrons. The molecule has 0 unspecified atom stereocenters. The maximum Gasteiger partial charge on any atom is 0.215 e. The number of para-hydroxylation sites is 2. The van der Waals surface area contributed by atoms with Gasteiger partial charge in [-0.15, -0.1) is 11.3 Å². The third kappa shape index (κ3) is 1.39. The molecule has 0 atom stereocenters. The molecule has 4 heterocycles. The van der Waals surface area contributed by atoms with Crippen LogP contribution in [-0.2, 0) is 7.05 Å². The zero-order chi connectivity index (χ0) is 15.8. The molecule has 0 spiro atoms. The lowest BCUT2D eigenvalue weighted by atomic mass is 10.2. The summed E-state index contributed by atoms with van der Waals surface area (Å²) in [5.74, 6) is 0.973. The maximum atomic E-state index is 4.80. The lowest BCUT2D eigenvalue weighted by Gasteiger charge is -1.97. The molecule has 0 radical (unpaired) electrons. The number of hydrogen-bond acceptors (Lipinski definition) is 3. The van der Waals surface area contributed by atoms with Gasteiger partial charge in [-0.3, -0.25) is 9.38 Å². The van der Waals surface area contributed by atoms with Gasteiger partial charge in [0.25, 0.3) is 0 Å². The Morgan fingerprint density at radius 1 is 0.917 bits per heavy atom. The summed E-state index contributed by atoms with van der Waals surface area (Å²) in [5.41, 5.74) is 5.64. The Morgan fingerprint density at radius 3 is 2.79 bits per heavy atom. The van der Waals surface area contributed by atoms with Crippen molar-refractivity contribution in [3.63, 3.8) is 0 Å². The average Bonchev–Trinajstić information content (AvgIpc) is 3.24. The van der Waals surface area contributed by atoms with Crippen molar-refractivity contribution >= 4 is 59.5 Å². The zero-order valence-electron chi connectivity index (χ0n) is 12.9. The van der Waals surface area contributed by atoms with Crippen LogP contribution >= 0.6 is 11.3 Å². The molecule has 0 N–H and O–H groups in total. The normalized spacial score (nSPS) is 12.4. The quantitative estimate of drug-likeness (QED) is 0.403. The van der Waals surface area contributed by atoms with Crippen LogP contribution in [0.2, 0.25) is 0 Å².